The Kier molecular flexibility index (Phi) is 7.35. The van der Waals surface area contributed by atoms with Crippen LogP contribution in [-0.2, 0) is 4.79 Å². The predicted molar refractivity (Wildman–Crippen MR) is 94.7 cm³/mol. The minimum absolute atomic E-state index is 0.198. The van der Waals surface area contributed by atoms with Crippen molar-refractivity contribution in [1.82, 2.24) is 9.97 Å². The Bertz CT molecular complexity index is 745. The lowest BCUT2D eigenvalue weighted by Crippen LogP contribution is -2.10. The van der Waals surface area contributed by atoms with E-state index in [0.29, 0.717) is 17.6 Å². The van der Waals surface area contributed by atoms with Gasteiger partial charge in [-0.05, 0) is 24.0 Å². The van der Waals surface area contributed by atoms with Crippen LogP contribution in [0.15, 0.2) is 40.2 Å². The number of nitrogens with one attached hydrogen (secondary N) is 2. The van der Waals surface area contributed by atoms with E-state index in [-0.39, 0.29) is 5.56 Å². The van der Waals surface area contributed by atoms with Gasteiger partial charge in [-0.1, -0.05) is 38.1 Å². The number of carbonyl (C=O) groups is 1. The van der Waals surface area contributed by atoms with E-state index in [4.69, 9.17) is 9.90 Å². The number of hydrazone groups is 1. The Morgan fingerprint density at radius 2 is 1.92 bits per heavy atom. The van der Waals surface area contributed by atoms with Crippen molar-refractivity contribution in [2.45, 2.75) is 33.6 Å². The number of aryl methyl sites for hydroxylation is 1. The molecule has 0 atom stereocenters. The van der Waals surface area contributed by atoms with Crippen molar-refractivity contribution in [3.63, 3.8) is 0 Å². The Morgan fingerprint density at radius 3 is 2.42 bits per heavy atom. The van der Waals surface area contributed by atoms with E-state index in [2.05, 4.69) is 46.5 Å². The second kappa shape index (κ2) is 9.24. The molecule has 0 radical (unpaired) electrons. The highest BCUT2D eigenvalue weighted by Crippen LogP contribution is 2.13. The number of aliphatic carboxylic acids is 1. The molecular weight excluding hydrogens is 308 g/mol. The highest BCUT2D eigenvalue weighted by molar-refractivity contribution is 5.80. The average Bonchev–Trinajstić information content (AvgIpc) is 2.46. The summed E-state index contributed by atoms with van der Waals surface area (Å²) in [4.78, 5) is 26.9. The first-order valence-electron chi connectivity index (χ1n) is 7.44. The summed E-state index contributed by atoms with van der Waals surface area (Å²) in [6.07, 6.45) is 1.69. The first-order chi connectivity index (χ1) is 11.3. The van der Waals surface area contributed by atoms with Crippen molar-refractivity contribution in [3.05, 3.63) is 57.5 Å². The molecule has 24 heavy (non-hydrogen) atoms. The van der Waals surface area contributed by atoms with Crippen molar-refractivity contribution < 1.29 is 9.90 Å². The van der Waals surface area contributed by atoms with E-state index < -0.39 is 5.97 Å². The van der Waals surface area contributed by atoms with Crippen LogP contribution in [0.25, 0.3) is 0 Å². The number of aromatic amines is 1. The molecular formula is C17H22N4O3. The number of H-pyrrole nitrogens is 1. The van der Waals surface area contributed by atoms with E-state index in [0.717, 1.165) is 12.5 Å². The largest absolute Gasteiger partial charge is 0.481 e. The third-order valence-corrected chi connectivity index (χ3v) is 2.86. The molecule has 1 aromatic heterocycles. The molecule has 2 aromatic rings. The highest BCUT2D eigenvalue weighted by Gasteiger charge is 1.98. The van der Waals surface area contributed by atoms with Gasteiger partial charge < -0.3 is 5.11 Å². The molecule has 0 amide bonds. The number of anilines is 1. The van der Waals surface area contributed by atoms with Gasteiger partial charge in [-0.15, -0.1) is 0 Å². The van der Waals surface area contributed by atoms with Crippen molar-refractivity contribution >= 4 is 18.1 Å². The van der Waals surface area contributed by atoms with Gasteiger partial charge in [0.25, 0.3) is 11.5 Å². The summed E-state index contributed by atoms with van der Waals surface area (Å²) in [5.74, 6) is 0.0192. The molecule has 0 aliphatic rings. The van der Waals surface area contributed by atoms with Crippen LogP contribution in [0, 0.1) is 6.92 Å². The van der Waals surface area contributed by atoms with Crippen LogP contribution >= 0.6 is 0 Å². The zero-order valence-corrected chi connectivity index (χ0v) is 14.2. The molecule has 0 fully saturated rings. The van der Waals surface area contributed by atoms with Crippen LogP contribution in [0.1, 0.15) is 43.5 Å². The van der Waals surface area contributed by atoms with Crippen molar-refractivity contribution in [2.75, 3.05) is 5.43 Å². The molecule has 0 bridgehead atoms. The normalized spacial score (nSPS) is 10.4. The van der Waals surface area contributed by atoms with Gasteiger partial charge in [0, 0.05) is 18.7 Å². The fourth-order valence-corrected chi connectivity index (χ4v) is 1.77. The second-order valence-corrected chi connectivity index (χ2v) is 5.45. The van der Waals surface area contributed by atoms with Gasteiger partial charge in [-0.2, -0.15) is 5.10 Å². The number of benzene rings is 1. The number of nitrogens with zero attached hydrogens (tertiary/aromatic N) is 2. The molecule has 1 heterocycles. The smallest absolute Gasteiger partial charge is 0.300 e. The summed E-state index contributed by atoms with van der Waals surface area (Å²) in [6.45, 7) is 7.16. The van der Waals surface area contributed by atoms with E-state index in [1.807, 2.05) is 12.1 Å². The Morgan fingerprint density at radius 1 is 1.33 bits per heavy atom. The van der Waals surface area contributed by atoms with Crippen LogP contribution in [0.2, 0.25) is 0 Å². The molecule has 7 nitrogen and oxygen atoms in total. The molecule has 0 aliphatic heterocycles. The van der Waals surface area contributed by atoms with Gasteiger partial charge in [0.05, 0.1) is 6.21 Å². The predicted octanol–water partition coefficient (Wildman–Crippen LogP) is 2.74. The Balaban J connectivity index is 0.000000648. The van der Waals surface area contributed by atoms with Crippen LogP contribution in [-0.4, -0.2) is 27.3 Å². The highest BCUT2D eigenvalue weighted by atomic mass is 16.4. The average molecular weight is 330 g/mol. The lowest BCUT2D eigenvalue weighted by atomic mass is 10.0. The first kappa shape index (κ1) is 19.1. The molecule has 3 N–H and O–H groups in total. The number of rotatable bonds is 4. The second-order valence-electron chi connectivity index (χ2n) is 5.45. The summed E-state index contributed by atoms with van der Waals surface area (Å²) in [7, 11) is 0. The van der Waals surface area contributed by atoms with Crippen molar-refractivity contribution in [1.29, 1.82) is 0 Å². The standard InChI is InChI=1S/C15H18N4O.C2H4O2/c1-10(2)13-6-4-12(5-7-13)9-16-19-15-17-11(3)8-14(20)18-15;1-2(3)4/h4-10H,1-3H3,(H2,17,18,19,20);1H3,(H,3,4)/b16-9+;. The third kappa shape index (κ3) is 7.35. The first-order valence-corrected chi connectivity index (χ1v) is 7.44. The molecule has 2 rings (SSSR count). The monoisotopic (exact) mass is 330 g/mol. The van der Waals surface area contributed by atoms with Gasteiger partial charge >= 0.3 is 0 Å². The Labute approximate surface area is 140 Å². The minimum atomic E-state index is -0.833. The van der Waals surface area contributed by atoms with Gasteiger partial charge in [-0.25, -0.2) is 10.4 Å². The van der Waals surface area contributed by atoms with Gasteiger partial charge in [-0.3, -0.25) is 14.6 Å². The lowest BCUT2D eigenvalue weighted by molar-refractivity contribution is -0.134. The van der Waals surface area contributed by atoms with Crippen molar-refractivity contribution in [3.8, 4) is 0 Å². The Hall–Kier alpha value is -2.96. The zero-order valence-electron chi connectivity index (χ0n) is 14.2. The fraction of sp³-hybridized carbons (Fsp3) is 0.294. The lowest BCUT2D eigenvalue weighted by Gasteiger charge is -2.04. The quantitative estimate of drug-likeness (QED) is 0.590. The molecule has 128 valence electrons. The maximum Gasteiger partial charge on any atom is 0.300 e. The summed E-state index contributed by atoms with van der Waals surface area (Å²) in [5.41, 5.74) is 5.44. The zero-order chi connectivity index (χ0) is 18.1. The molecule has 0 aliphatic carbocycles. The fourth-order valence-electron chi connectivity index (χ4n) is 1.77. The number of aromatic nitrogens is 2. The van der Waals surface area contributed by atoms with E-state index in [1.54, 1.807) is 13.1 Å². The summed E-state index contributed by atoms with van der Waals surface area (Å²) in [5, 5.41) is 11.5. The molecule has 0 unspecified atom stereocenters. The van der Waals surface area contributed by atoms with Crippen molar-refractivity contribution in [2.24, 2.45) is 5.10 Å². The van der Waals surface area contributed by atoms with Crippen LogP contribution < -0.4 is 11.0 Å². The van der Waals surface area contributed by atoms with Crippen LogP contribution in [0.4, 0.5) is 5.95 Å². The van der Waals surface area contributed by atoms with Gasteiger partial charge in [0.1, 0.15) is 0 Å². The molecule has 7 heteroatoms. The number of hydrogen-bond acceptors (Lipinski definition) is 5. The topological polar surface area (TPSA) is 107 Å². The number of carboxylic acids is 1. The van der Waals surface area contributed by atoms with Crippen LogP contribution in [0.5, 0.6) is 0 Å². The number of hydrogen-bond donors (Lipinski definition) is 3. The maximum absolute atomic E-state index is 11.3. The van der Waals surface area contributed by atoms with Gasteiger partial charge in [0.15, 0.2) is 0 Å². The van der Waals surface area contributed by atoms with E-state index in [1.165, 1.54) is 11.6 Å². The summed E-state index contributed by atoms with van der Waals surface area (Å²) < 4.78 is 0. The molecule has 0 saturated carbocycles. The summed E-state index contributed by atoms with van der Waals surface area (Å²) in [6, 6.07) is 9.61. The van der Waals surface area contributed by atoms with E-state index in [9.17, 15) is 4.79 Å². The summed E-state index contributed by atoms with van der Waals surface area (Å²) >= 11 is 0. The van der Waals surface area contributed by atoms with Crippen LogP contribution in [0.3, 0.4) is 0 Å². The molecule has 1 aromatic carbocycles. The molecule has 0 saturated heterocycles. The third-order valence-electron chi connectivity index (χ3n) is 2.86. The van der Waals surface area contributed by atoms with E-state index >= 15 is 0 Å². The number of carboxylic acid groups (broad SMARTS) is 1. The minimum Gasteiger partial charge on any atom is -0.481 e. The maximum atomic E-state index is 11.3. The SMILES string of the molecule is CC(=O)O.Cc1cc(=O)[nH]c(N/N=C/c2ccc(C(C)C)cc2)n1. The molecule has 0 spiro atoms. The van der Waals surface area contributed by atoms with Gasteiger partial charge in [0.2, 0.25) is 5.95 Å².